The number of carbonyl (C=O) groups excluding carboxylic acids is 1. The SMILES string of the molecule is N#Cc1cc(N/N=C(/C(N)=O)c2ccc(I)c(F)c2F)ccc1F. The van der Waals surface area contributed by atoms with Crippen LogP contribution in [-0.2, 0) is 4.79 Å². The van der Waals surface area contributed by atoms with E-state index in [0.717, 1.165) is 18.2 Å². The zero-order chi connectivity index (χ0) is 17.9. The van der Waals surface area contributed by atoms with Crippen LogP contribution in [0.1, 0.15) is 11.1 Å². The third kappa shape index (κ3) is 3.65. The van der Waals surface area contributed by atoms with Crippen molar-refractivity contribution in [1.82, 2.24) is 0 Å². The van der Waals surface area contributed by atoms with E-state index >= 15 is 0 Å². The molecule has 0 aliphatic carbocycles. The lowest BCUT2D eigenvalue weighted by molar-refractivity contribution is -0.111. The highest BCUT2D eigenvalue weighted by atomic mass is 127. The molecule has 0 heterocycles. The second kappa shape index (κ2) is 7.31. The Balaban J connectivity index is 2.42. The molecule has 0 aromatic heterocycles. The zero-order valence-corrected chi connectivity index (χ0v) is 13.9. The Hall–Kier alpha value is -2.61. The van der Waals surface area contributed by atoms with E-state index < -0.39 is 34.6 Å². The van der Waals surface area contributed by atoms with Gasteiger partial charge in [-0.15, -0.1) is 0 Å². The number of hydrazone groups is 1. The third-order valence-electron chi connectivity index (χ3n) is 2.91. The molecule has 24 heavy (non-hydrogen) atoms. The highest BCUT2D eigenvalue weighted by molar-refractivity contribution is 14.1. The molecular formula is C15H8F3IN4O. The fraction of sp³-hybridized carbons (Fsp3) is 0. The highest BCUT2D eigenvalue weighted by Gasteiger charge is 2.20. The number of primary amides is 1. The van der Waals surface area contributed by atoms with Crippen LogP contribution in [0.15, 0.2) is 35.4 Å². The molecule has 0 spiro atoms. The van der Waals surface area contributed by atoms with Crippen LogP contribution in [0.4, 0.5) is 18.9 Å². The van der Waals surface area contributed by atoms with Crippen molar-refractivity contribution in [3.8, 4) is 6.07 Å². The fourth-order valence-corrected chi connectivity index (χ4v) is 2.17. The average Bonchev–Trinajstić information content (AvgIpc) is 2.55. The van der Waals surface area contributed by atoms with Gasteiger partial charge in [-0.2, -0.15) is 10.4 Å². The molecule has 3 N–H and O–H groups in total. The van der Waals surface area contributed by atoms with Crippen LogP contribution in [0.5, 0.6) is 0 Å². The summed E-state index contributed by atoms with van der Waals surface area (Å²) in [6.07, 6.45) is 0. The molecule has 0 fully saturated rings. The van der Waals surface area contributed by atoms with Gasteiger partial charge in [0, 0.05) is 5.56 Å². The fourth-order valence-electron chi connectivity index (χ4n) is 1.76. The molecule has 0 radical (unpaired) electrons. The summed E-state index contributed by atoms with van der Waals surface area (Å²) in [7, 11) is 0. The minimum atomic E-state index is -1.27. The van der Waals surface area contributed by atoms with Gasteiger partial charge in [0.15, 0.2) is 17.3 Å². The third-order valence-corrected chi connectivity index (χ3v) is 3.74. The van der Waals surface area contributed by atoms with Crippen molar-refractivity contribution in [2.45, 2.75) is 0 Å². The summed E-state index contributed by atoms with van der Waals surface area (Å²) in [5.74, 6) is -4.22. The zero-order valence-electron chi connectivity index (χ0n) is 11.8. The number of hydrogen-bond acceptors (Lipinski definition) is 4. The van der Waals surface area contributed by atoms with Gasteiger partial charge < -0.3 is 5.73 Å². The molecule has 2 aromatic rings. The maximum Gasteiger partial charge on any atom is 0.269 e. The van der Waals surface area contributed by atoms with E-state index in [1.165, 1.54) is 12.1 Å². The van der Waals surface area contributed by atoms with Gasteiger partial charge in [-0.05, 0) is 52.9 Å². The maximum atomic E-state index is 14.0. The van der Waals surface area contributed by atoms with E-state index in [2.05, 4.69) is 10.5 Å². The Morgan fingerprint density at radius 2 is 1.92 bits per heavy atom. The van der Waals surface area contributed by atoms with Crippen molar-refractivity contribution in [3.05, 3.63) is 62.5 Å². The smallest absolute Gasteiger partial charge is 0.269 e. The number of nitrogens with two attached hydrogens (primary N) is 1. The highest BCUT2D eigenvalue weighted by Crippen LogP contribution is 2.19. The van der Waals surface area contributed by atoms with Crippen LogP contribution in [0.2, 0.25) is 0 Å². The predicted octanol–water partition coefficient (Wildman–Crippen LogP) is 2.88. The van der Waals surface area contributed by atoms with Crippen LogP contribution in [-0.4, -0.2) is 11.6 Å². The van der Waals surface area contributed by atoms with Gasteiger partial charge in [-0.1, -0.05) is 0 Å². The maximum absolute atomic E-state index is 14.0. The van der Waals surface area contributed by atoms with Crippen LogP contribution in [0.3, 0.4) is 0 Å². The summed E-state index contributed by atoms with van der Waals surface area (Å²) in [6, 6.07) is 7.47. The number of nitriles is 1. The lowest BCUT2D eigenvalue weighted by Crippen LogP contribution is -2.26. The Labute approximate surface area is 148 Å². The standard InChI is InChI=1S/C15H8F3IN4O/c16-10-3-1-8(5-7(10)6-20)22-23-14(15(21)24)9-2-4-11(19)13(18)12(9)17/h1-5,22H,(H2,21,24)/b23-14+. The minimum absolute atomic E-state index is 0.0304. The first-order valence-corrected chi connectivity index (χ1v) is 7.40. The molecule has 0 aliphatic rings. The monoisotopic (exact) mass is 444 g/mol. The molecule has 0 aliphatic heterocycles. The molecule has 0 saturated carbocycles. The lowest BCUT2D eigenvalue weighted by atomic mass is 10.1. The van der Waals surface area contributed by atoms with Gasteiger partial charge in [-0.25, -0.2) is 13.2 Å². The van der Waals surface area contributed by atoms with Crippen LogP contribution < -0.4 is 11.2 Å². The van der Waals surface area contributed by atoms with Crippen LogP contribution >= 0.6 is 22.6 Å². The van der Waals surface area contributed by atoms with Gasteiger partial charge in [0.2, 0.25) is 0 Å². The van der Waals surface area contributed by atoms with E-state index in [4.69, 9.17) is 11.0 Å². The van der Waals surface area contributed by atoms with Crippen molar-refractivity contribution in [1.29, 1.82) is 5.26 Å². The van der Waals surface area contributed by atoms with Crippen molar-refractivity contribution in [2.24, 2.45) is 10.8 Å². The summed E-state index contributed by atoms with van der Waals surface area (Å²) < 4.78 is 40.9. The molecule has 2 aromatic carbocycles. The number of hydrogen-bond donors (Lipinski definition) is 2. The second-order valence-electron chi connectivity index (χ2n) is 4.47. The average molecular weight is 444 g/mol. The molecule has 9 heteroatoms. The lowest BCUT2D eigenvalue weighted by Gasteiger charge is -2.08. The number of nitrogens with one attached hydrogen (secondary N) is 1. The molecule has 5 nitrogen and oxygen atoms in total. The first kappa shape index (κ1) is 17.7. The summed E-state index contributed by atoms with van der Waals surface area (Å²) in [6.45, 7) is 0. The minimum Gasteiger partial charge on any atom is -0.364 e. The van der Waals surface area contributed by atoms with Crippen LogP contribution in [0, 0.1) is 32.4 Å². The number of amides is 1. The summed E-state index contributed by atoms with van der Waals surface area (Å²) >= 11 is 1.60. The Morgan fingerprint density at radius 1 is 1.21 bits per heavy atom. The molecule has 0 saturated heterocycles. The Kier molecular flexibility index (Phi) is 5.40. The topological polar surface area (TPSA) is 91.3 Å². The predicted molar refractivity (Wildman–Crippen MR) is 89.5 cm³/mol. The largest absolute Gasteiger partial charge is 0.364 e. The number of anilines is 1. The van der Waals surface area contributed by atoms with Gasteiger partial charge in [0.25, 0.3) is 5.91 Å². The number of rotatable bonds is 4. The Morgan fingerprint density at radius 3 is 2.54 bits per heavy atom. The molecule has 0 bridgehead atoms. The number of benzene rings is 2. The van der Waals surface area contributed by atoms with Gasteiger partial charge >= 0.3 is 0 Å². The Bertz CT molecular complexity index is 893. The summed E-state index contributed by atoms with van der Waals surface area (Å²) in [5, 5.41) is 12.4. The molecule has 122 valence electrons. The molecular weight excluding hydrogens is 436 g/mol. The van der Waals surface area contributed by atoms with Crippen LogP contribution in [0.25, 0.3) is 0 Å². The molecule has 0 unspecified atom stereocenters. The second-order valence-corrected chi connectivity index (χ2v) is 5.63. The normalized spacial score (nSPS) is 11.0. The van der Waals surface area contributed by atoms with E-state index in [0.29, 0.717) is 0 Å². The van der Waals surface area contributed by atoms with Crippen molar-refractivity contribution in [3.63, 3.8) is 0 Å². The summed E-state index contributed by atoms with van der Waals surface area (Å²) in [4.78, 5) is 11.5. The van der Waals surface area contributed by atoms with E-state index in [-0.39, 0.29) is 14.8 Å². The van der Waals surface area contributed by atoms with E-state index in [9.17, 15) is 18.0 Å². The number of carbonyl (C=O) groups is 1. The van der Waals surface area contributed by atoms with E-state index in [1.54, 1.807) is 28.7 Å². The quantitative estimate of drug-likeness (QED) is 0.329. The number of halogens is 4. The molecule has 2 rings (SSSR count). The van der Waals surface area contributed by atoms with Crippen molar-refractivity contribution >= 4 is 39.9 Å². The van der Waals surface area contributed by atoms with E-state index in [1.807, 2.05) is 0 Å². The van der Waals surface area contributed by atoms with Gasteiger partial charge in [0.1, 0.15) is 11.9 Å². The first-order chi connectivity index (χ1) is 11.3. The molecule has 1 amide bonds. The molecule has 0 atom stereocenters. The van der Waals surface area contributed by atoms with Gasteiger partial charge in [0.05, 0.1) is 14.8 Å². The number of nitrogens with zero attached hydrogens (tertiary/aromatic N) is 2. The van der Waals surface area contributed by atoms with Crippen molar-refractivity contribution < 1.29 is 18.0 Å². The van der Waals surface area contributed by atoms with Crippen molar-refractivity contribution in [2.75, 3.05) is 5.43 Å². The first-order valence-electron chi connectivity index (χ1n) is 6.32. The van der Waals surface area contributed by atoms with Gasteiger partial charge in [-0.3, -0.25) is 10.2 Å². The summed E-state index contributed by atoms with van der Waals surface area (Å²) in [5.41, 5.74) is 6.47.